The average Bonchev–Trinajstić information content (AvgIpc) is 3.12. The molecular formula is C21H16N4O5. The van der Waals surface area contributed by atoms with Crippen LogP contribution in [0, 0.1) is 10.1 Å². The Morgan fingerprint density at radius 3 is 2.77 bits per heavy atom. The maximum atomic E-state index is 12.3. The van der Waals surface area contributed by atoms with Gasteiger partial charge in [-0.05, 0) is 37.3 Å². The molecule has 0 fully saturated rings. The van der Waals surface area contributed by atoms with Gasteiger partial charge in [-0.25, -0.2) is 14.3 Å². The van der Waals surface area contributed by atoms with Crippen LogP contribution in [0.2, 0.25) is 0 Å². The van der Waals surface area contributed by atoms with E-state index in [1.165, 1.54) is 12.1 Å². The van der Waals surface area contributed by atoms with Gasteiger partial charge in [0, 0.05) is 18.3 Å². The van der Waals surface area contributed by atoms with E-state index in [2.05, 4.69) is 9.97 Å². The molecule has 0 radical (unpaired) electrons. The van der Waals surface area contributed by atoms with Gasteiger partial charge in [-0.1, -0.05) is 18.2 Å². The molecule has 4 rings (SSSR count). The minimum Gasteiger partial charge on any atom is -0.462 e. The second-order valence-electron chi connectivity index (χ2n) is 6.17. The Labute approximate surface area is 170 Å². The Bertz CT molecular complexity index is 1250. The van der Waals surface area contributed by atoms with Crippen molar-refractivity contribution in [2.75, 3.05) is 6.61 Å². The predicted octanol–water partition coefficient (Wildman–Crippen LogP) is 4.30. The van der Waals surface area contributed by atoms with Crippen molar-refractivity contribution in [3.8, 4) is 17.4 Å². The Morgan fingerprint density at radius 1 is 1.13 bits per heavy atom. The van der Waals surface area contributed by atoms with E-state index < -0.39 is 10.9 Å². The monoisotopic (exact) mass is 404 g/mol. The highest BCUT2D eigenvalue weighted by Crippen LogP contribution is 2.31. The molecule has 0 bridgehead atoms. The van der Waals surface area contributed by atoms with Crippen LogP contribution < -0.4 is 4.74 Å². The molecule has 2 heterocycles. The minimum atomic E-state index is -0.524. The fraction of sp³-hybridized carbons (Fsp3) is 0.0952. The number of aromatic nitrogens is 3. The molecule has 2 aromatic carbocycles. The van der Waals surface area contributed by atoms with Crippen LogP contribution in [-0.2, 0) is 4.74 Å². The number of hydrogen-bond acceptors (Lipinski definition) is 7. The highest BCUT2D eigenvalue weighted by atomic mass is 16.6. The lowest BCUT2D eigenvalue weighted by atomic mass is 10.2. The molecule has 0 amide bonds. The largest absolute Gasteiger partial charge is 0.462 e. The zero-order chi connectivity index (χ0) is 21.1. The minimum absolute atomic E-state index is 0.0804. The number of benzene rings is 2. The SMILES string of the molecule is CCOC(=O)c1ccccc1Oc1nc2cccnc2n1-c1cccc([N+](=O)[O-])c1. The molecular weight excluding hydrogens is 388 g/mol. The van der Waals surface area contributed by atoms with Gasteiger partial charge in [-0.3, -0.25) is 10.1 Å². The van der Waals surface area contributed by atoms with Crippen LogP contribution in [0.4, 0.5) is 5.69 Å². The molecule has 0 saturated heterocycles. The number of hydrogen-bond donors (Lipinski definition) is 0. The number of carbonyl (C=O) groups excluding carboxylic acids is 1. The molecule has 9 heteroatoms. The fourth-order valence-corrected chi connectivity index (χ4v) is 2.97. The van der Waals surface area contributed by atoms with Crippen molar-refractivity contribution in [3.05, 3.63) is 82.5 Å². The van der Waals surface area contributed by atoms with Crippen LogP contribution in [0.25, 0.3) is 16.9 Å². The van der Waals surface area contributed by atoms with Gasteiger partial charge in [0.05, 0.1) is 17.2 Å². The number of imidazole rings is 1. The lowest BCUT2D eigenvalue weighted by Gasteiger charge is -2.12. The van der Waals surface area contributed by atoms with Crippen LogP contribution in [-0.4, -0.2) is 32.0 Å². The van der Waals surface area contributed by atoms with E-state index in [0.717, 1.165) is 0 Å². The lowest BCUT2D eigenvalue weighted by molar-refractivity contribution is -0.384. The molecule has 4 aromatic rings. The van der Waals surface area contributed by atoms with Crippen LogP contribution in [0.3, 0.4) is 0 Å². The van der Waals surface area contributed by atoms with Gasteiger partial charge in [0.25, 0.3) is 5.69 Å². The van der Waals surface area contributed by atoms with Crippen molar-refractivity contribution in [1.29, 1.82) is 0 Å². The van der Waals surface area contributed by atoms with Gasteiger partial charge in [0.1, 0.15) is 16.8 Å². The number of non-ortho nitro benzene ring substituents is 1. The van der Waals surface area contributed by atoms with E-state index in [9.17, 15) is 14.9 Å². The zero-order valence-electron chi connectivity index (χ0n) is 15.9. The Balaban J connectivity index is 1.86. The zero-order valence-corrected chi connectivity index (χ0v) is 15.9. The molecule has 2 aromatic heterocycles. The molecule has 150 valence electrons. The van der Waals surface area contributed by atoms with Crippen molar-refractivity contribution in [3.63, 3.8) is 0 Å². The quantitative estimate of drug-likeness (QED) is 0.268. The first-order valence-corrected chi connectivity index (χ1v) is 9.10. The van der Waals surface area contributed by atoms with E-state index >= 15 is 0 Å². The van der Waals surface area contributed by atoms with Gasteiger partial charge >= 0.3 is 12.0 Å². The molecule has 0 unspecified atom stereocenters. The van der Waals surface area contributed by atoms with Crippen LogP contribution >= 0.6 is 0 Å². The highest BCUT2D eigenvalue weighted by Gasteiger charge is 2.20. The summed E-state index contributed by atoms with van der Waals surface area (Å²) < 4.78 is 12.6. The second-order valence-corrected chi connectivity index (χ2v) is 6.17. The Morgan fingerprint density at radius 2 is 1.97 bits per heavy atom. The van der Waals surface area contributed by atoms with Gasteiger partial charge < -0.3 is 9.47 Å². The van der Waals surface area contributed by atoms with E-state index in [0.29, 0.717) is 16.9 Å². The molecule has 0 saturated carbocycles. The predicted molar refractivity (Wildman–Crippen MR) is 108 cm³/mol. The van der Waals surface area contributed by atoms with Crippen LogP contribution in [0.1, 0.15) is 17.3 Å². The molecule has 30 heavy (non-hydrogen) atoms. The van der Waals surface area contributed by atoms with Gasteiger partial charge in [0.2, 0.25) is 0 Å². The van der Waals surface area contributed by atoms with Crippen LogP contribution in [0.15, 0.2) is 66.9 Å². The van der Waals surface area contributed by atoms with Crippen molar-refractivity contribution in [1.82, 2.24) is 14.5 Å². The number of para-hydroxylation sites is 1. The molecule has 0 aliphatic rings. The average molecular weight is 404 g/mol. The number of esters is 1. The molecule has 0 N–H and O–H groups in total. The summed E-state index contributed by atoms with van der Waals surface area (Å²) in [5.41, 5.74) is 1.61. The smallest absolute Gasteiger partial charge is 0.341 e. The molecule has 0 aliphatic heterocycles. The Kier molecular flexibility index (Phi) is 5.08. The first-order valence-electron chi connectivity index (χ1n) is 9.10. The maximum absolute atomic E-state index is 12.3. The van der Waals surface area contributed by atoms with E-state index in [4.69, 9.17) is 9.47 Å². The summed E-state index contributed by atoms with van der Waals surface area (Å²) in [6.07, 6.45) is 1.59. The van der Waals surface area contributed by atoms with Crippen LogP contribution in [0.5, 0.6) is 11.8 Å². The number of nitro benzene ring substituents is 1. The maximum Gasteiger partial charge on any atom is 0.341 e. The number of rotatable bonds is 6. The third kappa shape index (κ3) is 3.55. The third-order valence-corrected chi connectivity index (χ3v) is 4.27. The lowest BCUT2D eigenvalue weighted by Crippen LogP contribution is -2.07. The second kappa shape index (κ2) is 8.00. The molecule has 9 nitrogen and oxygen atoms in total. The van der Waals surface area contributed by atoms with Crippen molar-refractivity contribution in [2.24, 2.45) is 0 Å². The third-order valence-electron chi connectivity index (χ3n) is 4.27. The number of ether oxygens (including phenoxy) is 2. The van der Waals surface area contributed by atoms with Crippen molar-refractivity contribution >= 4 is 22.8 Å². The number of carbonyl (C=O) groups is 1. The standard InChI is InChI=1S/C21H16N4O5/c1-2-29-20(26)16-9-3-4-11-18(16)30-21-23-17-10-6-12-22-19(17)24(21)14-7-5-8-15(13-14)25(27)28/h3-13H,2H2,1H3. The van der Waals surface area contributed by atoms with Crippen molar-refractivity contribution < 1.29 is 19.2 Å². The van der Waals surface area contributed by atoms with E-state index in [1.807, 2.05) is 0 Å². The summed E-state index contributed by atoms with van der Waals surface area (Å²) in [6, 6.07) is 16.3. The number of nitrogens with zero attached hydrogens (tertiary/aromatic N) is 4. The summed E-state index contributed by atoms with van der Waals surface area (Å²) >= 11 is 0. The molecule has 0 atom stereocenters. The topological polar surface area (TPSA) is 109 Å². The molecule has 0 spiro atoms. The normalized spacial score (nSPS) is 10.7. The van der Waals surface area contributed by atoms with E-state index in [1.54, 1.807) is 66.2 Å². The number of fused-ring (bicyclic) bond motifs is 1. The summed E-state index contributed by atoms with van der Waals surface area (Å²) in [5.74, 6) is -0.276. The van der Waals surface area contributed by atoms with E-state index in [-0.39, 0.29) is 29.6 Å². The molecule has 0 aliphatic carbocycles. The summed E-state index contributed by atoms with van der Waals surface area (Å²) in [6.45, 7) is 1.94. The van der Waals surface area contributed by atoms with Gasteiger partial charge in [0.15, 0.2) is 5.65 Å². The summed E-state index contributed by atoms with van der Waals surface area (Å²) in [5, 5.41) is 11.2. The summed E-state index contributed by atoms with van der Waals surface area (Å²) in [4.78, 5) is 31.8. The highest BCUT2D eigenvalue weighted by molar-refractivity contribution is 5.92. The fourth-order valence-electron chi connectivity index (χ4n) is 2.97. The van der Waals surface area contributed by atoms with Gasteiger partial charge in [-0.2, -0.15) is 4.98 Å². The van der Waals surface area contributed by atoms with Gasteiger partial charge in [-0.15, -0.1) is 0 Å². The first-order chi connectivity index (χ1) is 14.6. The Hall–Kier alpha value is -4.27. The number of pyridine rings is 1. The van der Waals surface area contributed by atoms with Crippen molar-refractivity contribution in [2.45, 2.75) is 6.92 Å². The number of nitro groups is 1. The first kappa shape index (κ1) is 19.1. The summed E-state index contributed by atoms with van der Waals surface area (Å²) in [7, 11) is 0.